The third-order valence-electron chi connectivity index (χ3n) is 2.04. The van der Waals surface area contributed by atoms with Crippen LogP contribution in [0.4, 0.5) is 0 Å². The molecule has 0 spiro atoms. The van der Waals surface area contributed by atoms with Crippen LogP contribution in [0, 0.1) is 5.92 Å². The molecule has 1 amide bonds. The lowest BCUT2D eigenvalue weighted by Crippen LogP contribution is -2.33. The van der Waals surface area contributed by atoms with Crippen LogP contribution in [0.5, 0.6) is 0 Å². The van der Waals surface area contributed by atoms with E-state index in [2.05, 4.69) is 18.3 Å². The Kier molecular flexibility index (Phi) is 3.89. The van der Waals surface area contributed by atoms with Gasteiger partial charge in [-0.25, -0.2) is 0 Å². The van der Waals surface area contributed by atoms with Crippen LogP contribution in [-0.4, -0.2) is 31.4 Å². The summed E-state index contributed by atoms with van der Waals surface area (Å²) in [6.07, 6.45) is 7.03. The van der Waals surface area contributed by atoms with Crippen LogP contribution in [0.3, 0.4) is 0 Å². The summed E-state index contributed by atoms with van der Waals surface area (Å²) in [5.41, 5.74) is 1.02. The van der Waals surface area contributed by atoms with Crippen molar-refractivity contribution in [3.05, 3.63) is 23.9 Å². The van der Waals surface area contributed by atoms with Crippen molar-refractivity contribution >= 4 is 5.91 Å². The van der Waals surface area contributed by atoms with Gasteiger partial charge in [0.1, 0.15) is 0 Å². The third-order valence-corrected chi connectivity index (χ3v) is 2.04. The van der Waals surface area contributed by atoms with Gasteiger partial charge in [0.25, 0.3) is 0 Å². The molecule has 0 aliphatic heterocycles. The monoisotopic (exact) mass is 194 g/mol. The molecule has 14 heavy (non-hydrogen) atoms. The van der Waals surface area contributed by atoms with Crippen molar-refractivity contribution in [2.45, 2.75) is 13.3 Å². The molecule has 0 aromatic rings. The third kappa shape index (κ3) is 3.75. The lowest BCUT2D eigenvalue weighted by Gasteiger charge is -2.16. The zero-order chi connectivity index (χ0) is 10.6. The Hall–Kier alpha value is -1.09. The summed E-state index contributed by atoms with van der Waals surface area (Å²) in [6.45, 7) is 2.58. The van der Waals surface area contributed by atoms with E-state index in [1.54, 1.807) is 0 Å². The Balaban J connectivity index is 2.41. The maximum Gasteiger partial charge on any atom is 0.238 e. The van der Waals surface area contributed by atoms with Crippen molar-refractivity contribution in [3.8, 4) is 0 Å². The number of hydrogen-bond acceptors (Lipinski definition) is 2. The summed E-state index contributed by atoms with van der Waals surface area (Å²) in [7, 11) is 3.77. The summed E-state index contributed by atoms with van der Waals surface area (Å²) in [5.74, 6) is 0.582. The van der Waals surface area contributed by atoms with Gasteiger partial charge >= 0.3 is 0 Å². The molecule has 0 radical (unpaired) electrons. The van der Waals surface area contributed by atoms with Crippen molar-refractivity contribution in [1.29, 1.82) is 0 Å². The molecule has 0 unspecified atom stereocenters. The van der Waals surface area contributed by atoms with E-state index in [0.29, 0.717) is 12.5 Å². The highest BCUT2D eigenvalue weighted by molar-refractivity contribution is 5.79. The maximum atomic E-state index is 11.4. The van der Waals surface area contributed by atoms with Crippen LogP contribution in [0.1, 0.15) is 13.3 Å². The molecule has 0 aromatic heterocycles. The predicted octanol–water partition coefficient (Wildman–Crippen LogP) is 1.14. The number of rotatable bonds is 3. The van der Waals surface area contributed by atoms with Crippen molar-refractivity contribution < 1.29 is 4.79 Å². The van der Waals surface area contributed by atoms with Gasteiger partial charge in [0, 0.05) is 5.70 Å². The lowest BCUT2D eigenvalue weighted by molar-refractivity contribution is -0.121. The van der Waals surface area contributed by atoms with Crippen molar-refractivity contribution in [2.75, 3.05) is 20.6 Å². The van der Waals surface area contributed by atoms with Crippen LogP contribution >= 0.6 is 0 Å². The quantitative estimate of drug-likeness (QED) is 0.731. The Bertz CT molecular complexity index is 266. The molecule has 0 heterocycles. The summed E-state index contributed by atoms with van der Waals surface area (Å²) in [4.78, 5) is 13.3. The van der Waals surface area contributed by atoms with Gasteiger partial charge in [-0.15, -0.1) is 0 Å². The Morgan fingerprint density at radius 1 is 1.64 bits per heavy atom. The largest absolute Gasteiger partial charge is 0.329 e. The van der Waals surface area contributed by atoms with E-state index in [1.807, 2.05) is 31.1 Å². The molecule has 0 bridgehead atoms. The van der Waals surface area contributed by atoms with E-state index >= 15 is 0 Å². The fourth-order valence-electron chi connectivity index (χ4n) is 1.44. The summed E-state index contributed by atoms with van der Waals surface area (Å²) in [5, 5.41) is 2.91. The van der Waals surface area contributed by atoms with Crippen LogP contribution in [0.15, 0.2) is 23.9 Å². The minimum atomic E-state index is 0.0590. The number of nitrogens with zero attached hydrogens (tertiary/aromatic N) is 1. The fourth-order valence-corrected chi connectivity index (χ4v) is 1.44. The van der Waals surface area contributed by atoms with Crippen LogP contribution in [-0.2, 0) is 4.79 Å². The van der Waals surface area contributed by atoms with E-state index in [0.717, 1.165) is 12.1 Å². The van der Waals surface area contributed by atoms with Gasteiger partial charge < -0.3 is 10.2 Å². The summed E-state index contributed by atoms with van der Waals surface area (Å²) in [6, 6.07) is 0. The van der Waals surface area contributed by atoms with Gasteiger partial charge in [-0.3, -0.25) is 4.79 Å². The number of amides is 1. The van der Waals surface area contributed by atoms with Gasteiger partial charge in [0.15, 0.2) is 0 Å². The molecule has 3 heteroatoms. The normalized spacial score (nSPS) is 20.9. The highest BCUT2D eigenvalue weighted by Crippen LogP contribution is 2.15. The number of likely N-dealkylation sites (N-methyl/N-ethyl adjacent to an activating group) is 1. The Morgan fingerprint density at radius 2 is 2.36 bits per heavy atom. The van der Waals surface area contributed by atoms with Crippen molar-refractivity contribution in [3.63, 3.8) is 0 Å². The number of carbonyl (C=O) groups is 1. The minimum Gasteiger partial charge on any atom is -0.329 e. The maximum absolute atomic E-state index is 11.4. The highest BCUT2D eigenvalue weighted by Gasteiger charge is 2.09. The predicted molar refractivity (Wildman–Crippen MR) is 57.7 cm³/mol. The molecule has 1 atom stereocenters. The topological polar surface area (TPSA) is 32.3 Å². The van der Waals surface area contributed by atoms with Gasteiger partial charge in [0.2, 0.25) is 5.91 Å². The van der Waals surface area contributed by atoms with E-state index in [-0.39, 0.29) is 5.91 Å². The van der Waals surface area contributed by atoms with Crippen LogP contribution < -0.4 is 5.32 Å². The number of hydrogen-bond donors (Lipinski definition) is 1. The number of nitrogens with one attached hydrogen (secondary N) is 1. The second-order valence-electron chi connectivity index (χ2n) is 4.04. The Morgan fingerprint density at radius 3 is 2.93 bits per heavy atom. The van der Waals surface area contributed by atoms with E-state index in [4.69, 9.17) is 0 Å². The van der Waals surface area contributed by atoms with Gasteiger partial charge in [-0.2, -0.15) is 0 Å². The number of allylic oxidation sites excluding steroid dienone is 4. The second kappa shape index (κ2) is 4.96. The first kappa shape index (κ1) is 11.0. The molecule has 0 saturated carbocycles. The summed E-state index contributed by atoms with van der Waals surface area (Å²) >= 11 is 0. The standard InChI is InChI=1S/C11H18N2O/c1-9-5-4-6-10(7-9)12-11(14)8-13(2)3/h4-6,9H,7-8H2,1-3H3,(H,12,14)/t9-/m1/s1. The zero-order valence-electron chi connectivity index (χ0n) is 9.08. The van der Waals surface area contributed by atoms with Gasteiger partial charge in [-0.05, 0) is 32.5 Å². The zero-order valence-corrected chi connectivity index (χ0v) is 9.08. The Labute approximate surface area is 85.5 Å². The van der Waals surface area contributed by atoms with Gasteiger partial charge in [-0.1, -0.05) is 19.1 Å². The molecule has 1 N–H and O–H groups in total. The van der Waals surface area contributed by atoms with Crippen LogP contribution in [0.2, 0.25) is 0 Å². The van der Waals surface area contributed by atoms with Crippen LogP contribution in [0.25, 0.3) is 0 Å². The van der Waals surface area contributed by atoms with Crippen molar-refractivity contribution in [2.24, 2.45) is 5.92 Å². The first-order chi connectivity index (χ1) is 6.58. The minimum absolute atomic E-state index is 0.0590. The molecule has 0 fully saturated rings. The average molecular weight is 194 g/mol. The molecule has 0 saturated heterocycles. The molecular formula is C11H18N2O. The molecule has 3 nitrogen and oxygen atoms in total. The molecule has 0 aromatic carbocycles. The fraction of sp³-hybridized carbons (Fsp3) is 0.545. The SMILES string of the molecule is C[C@@H]1C=CC=C(NC(=O)CN(C)C)C1. The second-order valence-corrected chi connectivity index (χ2v) is 4.04. The number of carbonyl (C=O) groups excluding carboxylic acids is 1. The molecule has 78 valence electrons. The molecule has 1 rings (SSSR count). The lowest BCUT2D eigenvalue weighted by atomic mass is 10.0. The van der Waals surface area contributed by atoms with E-state index in [9.17, 15) is 4.79 Å². The molecular weight excluding hydrogens is 176 g/mol. The smallest absolute Gasteiger partial charge is 0.238 e. The average Bonchev–Trinajstić information content (AvgIpc) is 2.01. The first-order valence-corrected chi connectivity index (χ1v) is 4.90. The van der Waals surface area contributed by atoms with Crippen molar-refractivity contribution in [1.82, 2.24) is 10.2 Å². The van der Waals surface area contributed by atoms with E-state index < -0.39 is 0 Å². The first-order valence-electron chi connectivity index (χ1n) is 4.90. The van der Waals surface area contributed by atoms with E-state index in [1.165, 1.54) is 0 Å². The molecule has 1 aliphatic rings. The molecule has 1 aliphatic carbocycles. The van der Waals surface area contributed by atoms with Gasteiger partial charge in [0.05, 0.1) is 6.54 Å². The summed E-state index contributed by atoms with van der Waals surface area (Å²) < 4.78 is 0. The highest BCUT2D eigenvalue weighted by atomic mass is 16.2.